The maximum Gasteiger partial charge on any atom is 0.313 e. The third-order valence-corrected chi connectivity index (χ3v) is 5.94. The lowest BCUT2D eigenvalue weighted by Gasteiger charge is -2.25. The second kappa shape index (κ2) is 11.9. The molecular weight excluding hydrogens is 453 g/mol. The fourth-order valence-electron chi connectivity index (χ4n) is 3.84. The van der Waals surface area contributed by atoms with Crippen molar-refractivity contribution in [2.24, 2.45) is 11.8 Å². The number of rotatable bonds is 10. The van der Waals surface area contributed by atoms with Crippen molar-refractivity contribution < 1.29 is 33.0 Å². The molecule has 0 radical (unpaired) electrons. The number of aromatic nitrogens is 1. The van der Waals surface area contributed by atoms with Crippen molar-refractivity contribution in [1.82, 2.24) is 4.98 Å². The number of benzene rings is 1. The molecule has 7 nitrogen and oxygen atoms in total. The van der Waals surface area contributed by atoms with Crippen LogP contribution in [-0.4, -0.2) is 35.9 Å². The minimum absolute atomic E-state index is 0.0662. The standard InChI is InChI=1S/C27H34FNO6/c1-14(2)26(31)35-25-22(33-8)9-10-29-24(25)21(30)13-17(5)27(32)34-19(7)18(6)23-15(3)11-20(28)12-16(23)4/h9-12,14,17-19H,13H2,1-8H3/t17-,18?,19?/m1/s1. The Labute approximate surface area is 206 Å². The quantitative estimate of drug-likeness (QED) is 0.329. The van der Waals surface area contributed by atoms with E-state index in [0.717, 1.165) is 16.7 Å². The first-order valence-corrected chi connectivity index (χ1v) is 11.6. The second-order valence-corrected chi connectivity index (χ2v) is 9.18. The average molecular weight is 488 g/mol. The highest BCUT2D eigenvalue weighted by Gasteiger charge is 2.29. The summed E-state index contributed by atoms with van der Waals surface area (Å²) in [5.41, 5.74) is 2.41. The number of Topliss-reactive ketones (excluding diaryl/α,β-unsaturated/α-hetero) is 1. The van der Waals surface area contributed by atoms with Crippen LogP contribution in [0.4, 0.5) is 4.39 Å². The molecule has 0 amide bonds. The van der Waals surface area contributed by atoms with Crippen molar-refractivity contribution in [2.45, 2.75) is 66.9 Å². The highest BCUT2D eigenvalue weighted by Crippen LogP contribution is 2.32. The number of aryl methyl sites for hydroxylation is 2. The molecule has 2 unspecified atom stereocenters. The van der Waals surface area contributed by atoms with Crippen molar-refractivity contribution >= 4 is 17.7 Å². The molecule has 0 saturated heterocycles. The summed E-state index contributed by atoms with van der Waals surface area (Å²) in [6, 6.07) is 4.40. The van der Waals surface area contributed by atoms with Crippen LogP contribution in [0.2, 0.25) is 0 Å². The first-order chi connectivity index (χ1) is 16.4. The van der Waals surface area contributed by atoms with E-state index in [1.165, 1.54) is 31.5 Å². The van der Waals surface area contributed by atoms with Gasteiger partial charge in [0, 0.05) is 24.6 Å². The summed E-state index contributed by atoms with van der Waals surface area (Å²) in [5.74, 6) is -3.11. The SMILES string of the molecule is COc1ccnc(C(=O)C[C@@H](C)C(=O)OC(C)C(C)c2c(C)cc(F)cc2C)c1OC(=O)C(C)C. The predicted molar refractivity (Wildman–Crippen MR) is 129 cm³/mol. The van der Waals surface area contributed by atoms with E-state index < -0.39 is 35.7 Å². The Morgan fingerprint density at radius 3 is 2.14 bits per heavy atom. The number of halogens is 1. The maximum absolute atomic E-state index is 13.7. The van der Waals surface area contributed by atoms with Crippen molar-refractivity contribution in [3.63, 3.8) is 0 Å². The van der Waals surface area contributed by atoms with Crippen LogP contribution in [0.25, 0.3) is 0 Å². The van der Waals surface area contributed by atoms with E-state index in [1.807, 2.05) is 20.8 Å². The molecular formula is C27H34FNO6. The summed E-state index contributed by atoms with van der Waals surface area (Å²) in [5, 5.41) is 0. The molecule has 1 aromatic heterocycles. The van der Waals surface area contributed by atoms with E-state index in [0.29, 0.717) is 0 Å². The molecule has 0 spiro atoms. The molecule has 0 aliphatic carbocycles. The van der Waals surface area contributed by atoms with Gasteiger partial charge in [-0.1, -0.05) is 27.7 Å². The zero-order valence-electron chi connectivity index (χ0n) is 21.6. The van der Waals surface area contributed by atoms with Gasteiger partial charge >= 0.3 is 11.9 Å². The van der Waals surface area contributed by atoms with Gasteiger partial charge in [-0.15, -0.1) is 0 Å². The van der Waals surface area contributed by atoms with E-state index in [9.17, 15) is 18.8 Å². The topological polar surface area (TPSA) is 91.8 Å². The molecule has 1 heterocycles. The Bertz CT molecular complexity index is 1070. The number of nitrogens with zero attached hydrogens (tertiary/aromatic N) is 1. The molecule has 0 aliphatic rings. The summed E-state index contributed by atoms with van der Waals surface area (Å²) < 4.78 is 29.9. The van der Waals surface area contributed by atoms with Gasteiger partial charge in [-0.2, -0.15) is 0 Å². The van der Waals surface area contributed by atoms with Crippen LogP contribution in [0.3, 0.4) is 0 Å². The third kappa shape index (κ3) is 6.87. The van der Waals surface area contributed by atoms with E-state index in [-0.39, 0.29) is 35.3 Å². The van der Waals surface area contributed by atoms with E-state index in [1.54, 1.807) is 27.7 Å². The lowest BCUT2D eigenvalue weighted by molar-refractivity contribution is -0.153. The Morgan fingerprint density at radius 2 is 1.60 bits per heavy atom. The van der Waals surface area contributed by atoms with Crippen LogP contribution in [0.15, 0.2) is 24.4 Å². The molecule has 0 aliphatic heterocycles. The number of carbonyl (C=O) groups is 3. The van der Waals surface area contributed by atoms with Gasteiger partial charge in [-0.25, -0.2) is 9.37 Å². The number of hydrogen-bond acceptors (Lipinski definition) is 7. The normalized spacial score (nSPS) is 13.7. The Kier molecular flexibility index (Phi) is 9.51. The minimum Gasteiger partial charge on any atom is -0.493 e. The molecule has 0 N–H and O–H groups in total. The third-order valence-electron chi connectivity index (χ3n) is 5.94. The molecule has 2 aromatic rings. The predicted octanol–water partition coefficient (Wildman–Crippen LogP) is 5.35. The fraction of sp³-hybridized carbons (Fsp3) is 0.481. The van der Waals surface area contributed by atoms with E-state index in [2.05, 4.69) is 4.98 Å². The molecule has 0 saturated carbocycles. The maximum atomic E-state index is 13.7. The van der Waals surface area contributed by atoms with Gasteiger partial charge in [0.05, 0.1) is 18.9 Å². The molecule has 3 atom stereocenters. The summed E-state index contributed by atoms with van der Waals surface area (Å²) >= 11 is 0. The molecule has 35 heavy (non-hydrogen) atoms. The summed E-state index contributed by atoms with van der Waals surface area (Å²) in [6.45, 7) is 12.3. The molecule has 0 fully saturated rings. The van der Waals surface area contributed by atoms with E-state index >= 15 is 0 Å². The Hall–Kier alpha value is -3.29. The smallest absolute Gasteiger partial charge is 0.313 e. The van der Waals surface area contributed by atoms with Gasteiger partial charge in [-0.05, 0) is 49.6 Å². The monoisotopic (exact) mass is 487 g/mol. The Morgan fingerprint density at radius 1 is 1.00 bits per heavy atom. The van der Waals surface area contributed by atoms with Gasteiger partial charge < -0.3 is 14.2 Å². The fourth-order valence-corrected chi connectivity index (χ4v) is 3.84. The van der Waals surface area contributed by atoms with Crippen LogP contribution in [-0.2, 0) is 14.3 Å². The van der Waals surface area contributed by atoms with Crippen molar-refractivity contribution in [1.29, 1.82) is 0 Å². The lowest BCUT2D eigenvalue weighted by Crippen LogP contribution is -2.27. The number of carbonyl (C=O) groups excluding carboxylic acids is 3. The van der Waals surface area contributed by atoms with Crippen molar-refractivity contribution in [2.75, 3.05) is 7.11 Å². The minimum atomic E-state index is -0.769. The summed E-state index contributed by atoms with van der Waals surface area (Å²) in [6.07, 6.45) is 0.681. The number of ketones is 1. The first-order valence-electron chi connectivity index (χ1n) is 11.6. The average Bonchev–Trinajstić information content (AvgIpc) is 2.77. The lowest BCUT2D eigenvalue weighted by atomic mass is 9.88. The number of hydrogen-bond donors (Lipinski definition) is 0. The van der Waals surface area contributed by atoms with E-state index in [4.69, 9.17) is 14.2 Å². The van der Waals surface area contributed by atoms with Crippen LogP contribution in [0.1, 0.15) is 74.1 Å². The van der Waals surface area contributed by atoms with Gasteiger partial charge in [0.1, 0.15) is 11.9 Å². The van der Waals surface area contributed by atoms with Crippen molar-refractivity contribution in [3.05, 3.63) is 52.6 Å². The van der Waals surface area contributed by atoms with Crippen LogP contribution in [0, 0.1) is 31.5 Å². The van der Waals surface area contributed by atoms with Crippen LogP contribution in [0.5, 0.6) is 11.5 Å². The molecule has 1 aromatic carbocycles. The highest BCUT2D eigenvalue weighted by molar-refractivity contribution is 6.00. The summed E-state index contributed by atoms with van der Waals surface area (Å²) in [7, 11) is 1.39. The van der Waals surface area contributed by atoms with Crippen LogP contribution >= 0.6 is 0 Å². The number of pyridine rings is 1. The zero-order valence-corrected chi connectivity index (χ0v) is 21.6. The molecule has 0 bridgehead atoms. The molecule has 8 heteroatoms. The van der Waals surface area contributed by atoms with Crippen LogP contribution < -0.4 is 9.47 Å². The van der Waals surface area contributed by atoms with Gasteiger partial charge in [0.2, 0.25) is 5.75 Å². The van der Waals surface area contributed by atoms with Gasteiger partial charge in [0.25, 0.3) is 0 Å². The molecule has 190 valence electrons. The number of ether oxygens (including phenoxy) is 3. The number of methoxy groups -OCH3 is 1. The van der Waals surface area contributed by atoms with Crippen molar-refractivity contribution in [3.8, 4) is 11.5 Å². The highest BCUT2D eigenvalue weighted by atomic mass is 19.1. The second-order valence-electron chi connectivity index (χ2n) is 9.18. The molecule has 2 rings (SSSR count). The zero-order chi connectivity index (χ0) is 26.4. The number of esters is 2. The van der Waals surface area contributed by atoms with Gasteiger partial charge in [-0.3, -0.25) is 14.4 Å². The first kappa shape index (κ1) is 28.0. The summed E-state index contributed by atoms with van der Waals surface area (Å²) in [4.78, 5) is 42.0. The largest absolute Gasteiger partial charge is 0.493 e. The Balaban J connectivity index is 2.14. The van der Waals surface area contributed by atoms with Gasteiger partial charge in [0.15, 0.2) is 17.2 Å².